The maximum Gasteiger partial charge on any atom is 0.222 e. The first-order valence-electron chi connectivity index (χ1n) is 14.7. The Balaban J connectivity index is 1.64. The lowest BCUT2D eigenvalue weighted by Gasteiger charge is -2.38. The Hall–Kier alpha value is -3.82. The Bertz CT molecular complexity index is 1360. The summed E-state index contributed by atoms with van der Waals surface area (Å²) in [7, 11) is 1.64. The van der Waals surface area contributed by atoms with Crippen molar-refractivity contribution < 1.29 is 28.2 Å². The van der Waals surface area contributed by atoms with Crippen LogP contribution in [0, 0.1) is 11.2 Å². The van der Waals surface area contributed by atoms with Crippen molar-refractivity contribution in [3.63, 3.8) is 0 Å². The van der Waals surface area contributed by atoms with E-state index >= 15 is 4.39 Å². The average Bonchev–Trinajstić information content (AvgIpc) is 3.27. The molecule has 9 nitrogen and oxygen atoms in total. The number of amidine groups is 1. The second-order valence-corrected chi connectivity index (χ2v) is 11.6. The molecule has 0 unspecified atom stereocenters. The first-order valence-corrected chi connectivity index (χ1v) is 14.7. The maximum atomic E-state index is 15.6. The summed E-state index contributed by atoms with van der Waals surface area (Å²) in [5.74, 6) is 0.259. The third kappa shape index (κ3) is 6.03. The number of Topliss-reactive ketones (excluding diaryl/α,β-unsaturated/α-hetero) is 1. The predicted octanol–water partition coefficient (Wildman–Crippen LogP) is 5.01. The number of methoxy groups -OCH3 is 1. The van der Waals surface area contributed by atoms with E-state index < -0.39 is 5.82 Å². The van der Waals surface area contributed by atoms with E-state index in [4.69, 9.17) is 19.6 Å². The lowest BCUT2D eigenvalue weighted by molar-refractivity contribution is -0.131. The molecule has 0 aromatic heterocycles. The molecule has 0 radical (unpaired) electrons. The summed E-state index contributed by atoms with van der Waals surface area (Å²) in [6, 6.07) is 5.43. The fourth-order valence-corrected chi connectivity index (χ4v) is 5.62. The average molecular weight is 583 g/mol. The van der Waals surface area contributed by atoms with Gasteiger partial charge in [-0.15, -0.1) is 0 Å². The Morgan fingerprint density at radius 3 is 2.21 bits per heavy atom. The molecular weight excluding hydrogens is 539 g/mol. The molecule has 2 aromatic rings. The van der Waals surface area contributed by atoms with E-state index in [0.717, 1.165) is 11.3 Å². The zero-order valence-electron chi connectivity index (χ0n) is 25.9. The molecule has 2 aromatic carbocycles. The number of hydrogen-bond acceptors (Lipinski definition) is 7. The SMILES string of the molecule is CCOc1cc2c(c(F)c1OCC)C(=N)N(CC(=O)c1cc(N3CCN(C(=O)CC)CC3)c(OC)c(C(C)(C)C)c1)C2. The normalized spacial score (nSPS) is 15.1. The summed E-state index contributed by atoms with van der Waals surface area (Å²) >= 11 is 0. The quantitative estimate of drug-likeness (QED) is 0.394. The number of rotatable bonds is 10. The minimum atomic E-state index is -0.639. The lowest BCUT2D eigenvalue weighted by Crippen LogP contribution is -2.48. The Labute approximate surface area is 248 Å². The number of fused-ring (bicyclic) bond motifs is 1. The molecule has 2 heterocycles. The molecule has 0 saturated carbocycles. The van der Waals surface area contributed by atoms with Crippen molar-refractivity contribution in [2.24, 2.45) is 0 Å². The third-order valence-electron chi connectivity index (χ3n) is 7.79. The number of ether oxygens (including phenoxy) is 3. The van der Waals surface area contributed by atoms with Crippen LogP contribution in [0.5, 0.6) is 17.2 Å². The van der Waals surface area contributed by atoms with Crippen molar-refractivity contribution in [2.45, 2.75) is 59.9 Å². The van der Waals surface area contributed by atoms with Crippen LogP contribution < -0.4 is 19.1 Å². The summed E-state index contributed by atoms with van der Waals surface area (Å²) in [5, 5.41) is 8.74. The van der Waals surface area contributed by atoms with Gasteiger partial charge < -0.3 is 28.9 Å². The molecule has 2 aliphatic rings. The van der Waals surface area contributed by atoms with Crippen LogP contribution in [-0.4, -0.2) is 80.4 Å². The van der Waals surface area contributed by atoms with Crippen LogP contribution in [0.1, 0.15) is 75.0 Å². The van der Waals surface area contributed by atoms with Crippen molar-refractivity contribution in [2.75, 3.05) is 57.9 Å². The minimum Gasteiger partial charge on any atom is -0.494 e. The van der Waals surface area contributed by atoms with Gasteiger partial charge in [0.25, 0.3) is 0 Å². The fraction of sp³-hybridized carbons (Fsp3) is 0.531. The number of benzene rings is 2. The van der Waals surface area contributed by atoms with E-state index in [1.807, 2.05) is 30.9 Å². The standard InChI is InChI=1S/C32H43FN4O5/c1-8-26(39)36-13-11-35(12-14-36)23-16-20(15-22(29(23)40-7)32(4,5)6)24(38)19-37-18-21-17-25(41-9-2)30(42-10-3)28(33)27(21)31(37)34/h15-17,34H,8-14,18-19H2,1-7H3. The van der Waals surface area contributed by atoms with Crippen molar-refractivity contribution in [3.8, 4) is 17.2 Å². The van der Waals surface area contributed by atoms with E-state index in [9.17, 15) is 9.59 Å². The molecule has 2 aliphatic heterocycles. The molecule has 1 N–H and O–H groups in total. The number of carbonyl (C=O) groups excluding carboxylic acids is 2. The second-order valence-electron chi connectivity index (χ2n) is 11.6. The van der Waals surface area contributed by atoms with Gasteiger partial charge >= 0.3 is 0 Å². The highest BCUT2D eigenvalue weighted by Crippen LogP contribution is 2.42. The van der Waals surface area contributed by atoms with Crippen molar-refractivity contribution >= 4 is 23.2 Å². The molecular formula is C32H43FN4O5. The van der Waals surface area contributed by atoms with Gasteiger partial charge in [0.2, 0.25) is 5.91 Å². The first kappa shape index (κ1) is 31.1. The summed E-state index contributed by atoms with van der Waals surface area (Å²) in [5.41, 5.74) is 2.61. The van der Waals surface area contributed by atoms with E-state index in [-0.39, 0.29) is 54.0 Å². The largest absolute Gasteiger partial charge is 0.494 e. The van der Waals surface area contributed by atoms with Crippen LogP contribution in [0.25, 0.3) is 0 Å². The topological polar surface area (TPSA) is 95.4 Å². The number of nitrogens with one attached hydrogen (secondary N) is 1. The van der Waals surface area contributed by atoms with E-state index in [1.165, 1.54) is 0 Å². The van der Waals surface area contributed by atoms with Gasteiger partial charge in [0.1, 0.15) is 11.6 Å². The number of amides is 1. The summed E-state index contributed by atoms with van der Waals surface area (Å²) < 4.78 is 32.6. The molecule has 1 fully saturated rings. The fourth-order valence-electron chi connectivity index (χ4n) is 5.62. The zero-order valence-corrected chi connectivity index (χ0v) is 25.9. The number of carbonyl (C=O) groups is 2. The smallest absolute Gasteiger partial charge is 0.222 e. The van der Waals surface area contributed by atoms with Crippen LogP contribution in [0.4, 0.5) is 10.1 Å². The number of anilines is 1. The van der Waals surface area contributed by atoms with Crippen LogP contribution >= 0.6 is 0 Å². The number of hydrogen-bond donors (Lipinski definition) is 1. The van der Waals surface area contributed by atoms with Crippen molar-refractivity contribution in [1.29, 1.82) is 5.41 Å². The Kier molecular flexibility index (Phi) is 9.33. The minimum absolute atomic E-state index is 0.00799. The molecule has 42 heavy (non-hydrogen) atoms. The molecule has 1 saturated heterocycles. The molecule has 228 valence electrons. The highest BCUT2D eigenvalue weighted by molar-refractivity contribution is 6.06. The molecule has 0 spiro atoms. The monoisotopic (exact) mass is 582 g/mol. The Morgan fingerprint density at radius 2 is 1.64 bits per heavy atom. The molecule has 4 rings (SSSR count). The van der Waals surface area contributed by atoms with E-state index in [1.54, 1.807) is 25.0 Å². The van der Waals surface area contributed by atoms with Gasteiger partial charge in [-0.1, -0.05) is 27.7 Å². The van der Waals surface area contributed by atoms with Gasteiger partial charge in [0.05, 0.1) is 38.1 Å². The number of ketones is 1. The van der Waals surface area contributed by atoms with E-state index in [2.05, 4.69) is 25.7 Å². The van der Waals surface area contributed by atoms with Gasteiger partial charge in [-0.3, -0.25) is 15.0 Å². The van der Waals surface area contributed by atoms with Crippen LogP contribution in [0.2, 0.25) is 0 Å². The Morgan fingerprint density at radius 1 is 0.976 bits per heavy atom. The molecule has 10 heteroatoms. The van der Waals surface area contributed by atoms with Gasteiger partial charge in [0.15, 0.2) is 23.1 Å². The first-order chi connectivity index (χ1) is 19.9. The van der Waals surface area contributed by atoms with Gasteiger partial charge in [0, 0.05) is 50.3 Å². The van der Waals surface area contributed by atoms with Crippen LogP contribution in [-0.2, 0) is 16.8 Å². The zero-order chi connectivity index (χ0) is 30.8. The second kappa shape index (κ2) is 12.6. The van der Waals surface area contributed by atoms with Gasteiger partial charge in [-0.25, -0.2) is 4.39 Å². The lowest BCUT2D eigenvalue weighted by atomic mass is 9.84. The van der Waals surface area contributed by atoms with Gasteiger partial charge in [-0.2, -0.15) is 0 Å². The van der Waals surface area contributed by atoms with Crippen LogP contribution in [0.3, 0.4) is 0 Å². The summed E-state index contributed by atoms with van der Waals surface area (Å²) in [6.07, 6.45) is 0.473. The highest BCUT2D eigenvalue weighted by atomic mass is 19.1. The number of nitrogens with zero attached hydrogens (tertiary/aromatic N) is 3. The molecule has 0 atom stereocenters. The predicted molar refractivity (Wildman–Crippen MR) is 161 cm³/mol. The molecule has 0 bridgehead atoms. The number of halogens is 1. The van der Waals surface area contributed by atoms with Gasteiger partial charge in [-0.05, 0) is 43.0 Å². The van der Waals surface area contributed by atoms with Crippen LogP contribution in [0.15, 0.2) is 18.2 Å². The number of piperazine rings is 1. The van der Waals surface area contributed by atoms with Crippen molar-refractivity contribution in [3.05, 3.63) is 46.3 Å². The third-order valence-corrected chi connectivity index (χ3v) is 7.79. The summed E-state index contributed by atoms with van der Waals surface area (Å²) in [6.45, 7) is 14.8. The van der Waals surface area contributed by atoms with Crippen molar-refractivity contribution in [1.82, 2.24) is 9.80 Å². The summed E-state index contributed by atoms with van der Waals surface area (Å²) in [4.78, 5) is 31.7. The highest BCUT2D eigenvalue weighted by Gasteiger charge is 2.34. The maximum absolute atomic E-state index is 15.6. The van der Waals surface area contributed by atoms with E-state index in [0.29, 0.717) is 61.8 Å². The molecule has 1 amide bonds. The molecule has 0 aliphatic carbocycles.